The molecule has 1 fully saturated rings. The summed E-state index contributed by atoms with van der Waals surface area (Å²) >= 11 is 0. The molecule has 4 bridgehead atoms. The maximum atomic E-state index is 5.56. The molecule has 4 rings (SSSR count). The molecular formula is C16H22W. The van der Waals surface area contributed by atoms with Gasteiger partial charge in [0.1, 0.15) is 0 Å². The topological polar surface area (TPSA) is 0 Å². The number of rotatable bonds is 1. The first kappa shape index (κ1) is 16.6. The molecule has 2 unspecified atom stereocenters. The summed E-state index contributed by atoms with van der Waals surface area (Å²) in [6, 6.07) is 0. The standard InChI is InChI=1S/C12H10.2C2H6.W/c1-2-9-7-8-3-5-10-11(6-4-8)12(9)10;2*1-2;/h1-6,8,10-12H;2*1-2H3;/q-2;;;+2. The van der Waals surface area contributed by atoms with Crippen molar-refractivity contribution in [2.45, 2.75) is 27.7 Å². The van der Waals surface area contributed by atoms with E-state index in [9.17, 15) is 0 Å². The van der Waals surface area contributed by atoms with Crippen molar-refractivity contribution in [3.63, 3.8) is 0 Å². The van der Waals surface area contributed by atoms with Crippen molar-refractivity contribution < 1.29 is 21.1 Å². The second-order valence-electron chi connectivity index (χ2n) is 3.74. The third-order valence-corrected chi connectivity index (χ3v) is 3.09. The maximum absolute atomic E-state index is 5.56. The Labute approximate surface area is 121 Å². The van der Waals surface area contributed by atoms with E-state index < -0.39 is 0 Å². The third kappa shape index (κ3) is 3.32. The van der Waals surface area contributed by atoms with Gasteiger partial charge in [-0.15, -0.1) is 5.92 Å². The molecule has 1 saturated carbocycles. The first-order chi connectivity index (χ1) is 7.90. The van der Waals surface area contributed by atoms with Gasteiger partial charge in [-0.25, -0.2) is 0 Å². The van der Waals surface area contributed by atoms with Crippen LogP contribution < -0.4 is 0 Å². The van der Waals surface area contributed by atoms with Gasteiger partial charge in [-0.3, -0.25) is 0 Å². The van der Waals surface area contributed by atoms with Crippen molar-refractivity contribution in [2.75, 3.05) is 0 Å². The van der Waals surface area contributed by atoms with E-state index in [0.717, 1.165) is 11.8 Å². The molecule has 0 heterocycles. The molecule has 0 saturated heterocycles. The monoisotopic (exact) mass is 398 g/mol. The first-order valence-electron chi connectivity index (χ1n) is 6.45. The molecule has 0 nitrogen and oxygen atoms in total. The molecule has 0 amide bonds. The summed E-state index contributed by atoms with van der Waals surface area (Å²) in [4.78, 5) is 0. The van der Waals surface area contributed by atoms with Gasteiger partial charge in [0.05, 0.1) is 0 Å². The zero-order valence-electron chi connectivity index (χ0n) is 11.2. The smallest absolute Gasteiger partial charge is 0.394 e. The minimum Gasteiger partial charge on any atom is -0.394 e. The molecule has 0 aromatic carbocycles. The second-order valence-corrected chi connectivity index (χ2v) is 3.74. The summed E-state index contributed by atoms with van der Waals surface area (Å²) in [5.41, 5.74) is 1.23. The fourth-order valence-corrected chi connectivity index (χ4v) is 2.37. The fraction of sp³-hybridized carbons (Fsp3) is 0.500. The summed E-state index contributed by atoms with van der Waals surface area (Å²) in [6.07, 6.45) is 14.3. The summed E-state index contributed by atoms with van der Waals surface area (Å²) < 4.78 is 0. The van der Waals surface area contributed by atoms with Gasteiger partial charge in [-0.2, -0.15) is 0 Å². The van der Waals surface area contributed by atoms with Gasteiger partial charge < -0.3 is 24.3 Å². The fourth-order valence-electron chi connectivity index (χ4n) is 2.37. The van der Waals surface area contributed by atoms with Gasteiger partial charge in [0.25, 0.3) is 0 Å². The van der Waals surface area contributed by atoms with Crippen LogP contribution in [0.5, 0.6) is 0 Å². The van der Waals surface area contributed by atoms with Crippen LogP contribution >= 0.6 is 0 Å². The molecule has 4 aliphatic carbocycles. The third-order valence-electron chi connectivity index (χ3n) is 3.09. The average Bonchev–Trinajstić information content (AvgIpc) is 3.12. The minimum absolute atomic E-state index is 0. The maximum Gasteiger partial charge on any atom is 2.00 e. The van der Waals surface area contributed by atoms with E-state index in [-0.39, 0.29) is 21.1 Å². The van der Waals surface area contributed by atoms with Crippen molar-refractivity contribution in [3.05, 3.63) is 48.6 Å². The van der Waals surface area contributed by atoms with Crippen LogP contribution in [0, 0.1) is 36.3 Å². The predicted molar refractivity (Wildman–Crippen MR) is 70.6 cm³/mol. The van der Waals surface area contributed by atoms with E-state index in [2.05, 4.69) is 30.4 Å². The largest absolute Gasteiger partial charge is 2.00 e. The van der Waals surface area contributed by atoms with Gasteiger partial charge in [0.2, 0.25) is 0 Å². The second kappa shape index (κ2) is 7.88. The van der Waals surface area contributed by atoms with Gasteiger partial charge in [0.15, 0.2) is 0 Å². The molecule has 92 valence electrons. The Hall–Kier alpha value is -0.352. The summed E-state index contributed by atoms with van der Waals surface area (Å²) in [5, 5.41) is 0. The zero-order valence-corrected chi connectivity index (χ0v) is 14.1. The summed E-state index contributed by atoms with van der Waals surface area (Å²) in [5.74, 6) is 2.46. The molecule has 4 aliphatic rings. The van der Waals surface area contributed by atoms with Crippen molar-refractivity contribution in [3.8, 4) is 0 Å². The molecule has 0 radical (unpaired) electrons. The number of hydrogen-bond acceptors (Lipinski definition) is 0. The van der Waals surface area contributed by atoms with Gasteiger partial charge in [-0.05, 0) is 11.8 Å². The van der Waals surface area contributed by atoms with Gasteiger partial charge in [0, 0.05) is 0 Å². The molecule has 17 heavy (non-hydrogen) atoms. The van der Waals surface area contributed by atoms with Crippen LogP contribution in [-0.2, 0) is 21.1 Å². The van der Waals surface area contributed by atoms with Crippen LogP contribution in [0.25, 0.3) is 0 Å². The molecule has 2 atom stereocenters. The van der Waals surface area contributed by atoms with Crippen LogP contribution in [0.3, 0.4) is 0 Å². The van der Waals surface area contributed by atoms with Crippen molar-refractivity contribution in [1.29, 1.82) is 0 Å². The molecule has 0 spiro atoms. The van der Waals surface area contributed by atoms with Crippen LogP contribution in [0.1, 0.15) is 27.7 Å². The minimum atomic E-state index is 0. The van der Waals surface area contributed by atoms with Crippen molar-refractivity contribution in [1.82, 2.24) is 0 Å². The molecular weight excluding hydrogens is 376 g/mol. The van der Waals surface area contributed by atoms with E-state index in [0.29, 0.717) is 11.8 Å². The molecule has 0 aromatic heterocycles. The van der Waals surface area contributed by atoms with Gasteiger partial charge in [-0.1, -0.05) is 57.9 Å². The first-order valence-corrected chi connectivity index (χ1v) is 6.45. The zero-order chi connectivity index (χ0) is 12.1. The van der Waals surface area contributed by atoms with Crippen LogP contribution in [0.2, 0.25) is 0 Å². The van der Waals surface area contributed by atoms with Crippen LogP contribution in [0.15, 0.2) is 36.0 Å². The summed E-state index contributed by atoms with van der Waals surface area (Å²) in [6.45, 7) is 13.6. The molecule has 0 aromatic rings. The Bertz CT molecular complexity index is 302. The summed E-state index contributed by atoms with van der Waals surface area (Å²) in [7, 11) is 0. The molecule has 0 N–H and O–H groups in total. The van der Waals surface area contributed by atoms with E-state index in [1.54, 1.807) is 6.08 Å². The van der Waals surface area contributed by atoms with Gasteiger partial charge >= 0.3 is 21.1 Å². The SMILES string of the molecule is CC.CC.[CH-]=CC1=[C-]C2C=CC3C(C=C2)C13.[W+2]. The van der Waals surface area contributed by atoms with E-state index in [1.165, 1.54) is 5.57 Å². The Morgan fingerprint density at radius 1 is 1.00 bits per heavy atom. The van der Waals surface area contributed by atoms with Crippen LogP contribution in [0.4, 0.5) is 0 Å². The van der Waals surface area contributed by atoms with Crippen molar-refractivity contribution in [2.24, 2.45) is 23.7 Å². The predicted octanol–water partition coefficient (Wildman–Crippen LogP) is 4.37. The normalized spacial score (nSPS) is 33.5. The quantitative estimate of drug-likeness (QED) is 0.455. The van der Waals surface area contributed by atoms with Crippen molar-refractivity contribution >= 4 is 0 Å². The Kier molecular flexibility index (Phi) is 7.71. The van der Waals surface area contributed by atoms with E-state index >= 15 is 0 Å². The number of allylic oxidation sites excluding steroid dienone is 7. The Morgan fingerprint density at radius 2 is 1.47 bits per heavy atom. The van der Waals surface area contributed by atoms with E-state index in [1.807, 2.05) is 27.7 Å². The Morgan fingerprint density at radius 3 is 1.88 bits per heavy atom. The van der Waals surface area contributed by atoms with E-state index in [4.69, 9.17) is 6.58 Å². The average molecular weight is 398 g/mol. The molecule has 0 aliphatic heterocycles. The molecule has 1 heteroatoms. The Balaban J connectivity index is 0.000000469. The van der Waals surface area contributed by atoms with Crippen LogP contribution in [-0.4, -0.2) is 0 Å². The number of hydrogen-bond donors (Lipinski definition) is 0.